The number of nitrogens with zero attached hydrogens (tertiary/aromatic N) is 3. The minimum atomic E-state index is -4.39. The fourth-order valence-electron chi connectivity index (χ4n) is 2.55. The van der Waals surface area contributed by atoms with Crippen LogP contribution in [-0.2, 0) is 10.9 Å². The topological polar surface area (TPSA) is 38.2 Å². The van der Waals surface area contributed by atoms with Crippen molar-refractivity contribution in [2.24, 2.45) is 0 Å². The summed E-state index contributed by atoms with van der Waals surface area (Å²) < 4.78 is 57.3. The van der Waals surface area contributed by atoms with E-state index in [2.05, 4.69) is 9.97 Å². The molecular formula is C15H13F4N3O. The molecule has 0 radical (unpaired) electrons. The van der Waals surface area contributed by atoms with Gasteiger partial charge in [0.05, 0.1) is 31.0 Å². The van der Waals surface area contributed by atoms with E-state index in [1.54, 1.807) is 4.90 Å². The zero-order valence-corrected chi connectivity index (χ0v) is 11.9. The van der Waals surface area contributed by atoms with E-state index in [9.17, 15) is 17.6 Å². The molecule has 0 unspecified atom stereocenters. The molecule has 0 saturated carbocycles. The third-order valence-electron chi connectivity index (χ3n) is 3.67. The number of ether oxygens (including phenoxy) is 1. The second kappa shape index (κ2) is 6.11. The first-order valence-corrected chi connectivity index (χ1v) is 6.94. The summed E-state index contributed by atoms with van der Waals surface area (Å²) in [7, 11) is 0. The minimum absolute atomic E-state index is 0.119. The number of benzene rings is 1. The van der Waals surface area contributed by atoms with Crippen LogP contribution in [0.1, 0.15) is 17.2 Å². The maximum absolute atomic E-state index is 13.9. The van der Waals surface area contributed by atoms with E-state index in [0.717, 1.165) is 18.3 Å². The molecule has 1 fully saturated rings. The molecule has 2 heterocycles. The smallest absolute Gasteiger partial charge is 0.377 e. The van der Waals surface area contributed by atoms with Crippen LogP contribution in [0.5, 0.6) is 0 Å². The molecule has 23 heavy (non-hydrogen) atoms. The maximum Gasteiger partial charge on any atom is 0.416 e. The molecule has 1 aliphatic rings. The SMILES string of the molecule is Fc1cncnc1N1CCOC[C@@H]1c1ccc(C(F)(F)F)cc1. The Balaban J connectivity index is 1.91. The van der Waals surface area contributed by atoms with Crippen molar-refractivity contribution < 1.29 is 22.3 Å². The van der Waals surface area contributed by atoms with Gasteiger partial charge in [0.1, 0.15) is 6.33 Å². The van der Waals surface area contributed by atoms with E-state index >= 15 is 0 Å². The van der Waals surface area contributed by atoms with Crippen LogP contribution in [0, 0.1) is 5.82 Å². The van der Waals surface area contributed by atoms with Crippen LogP contribution in [0.15, 0.2) is 36.8 Å². The average molecular weight is 327 g/mol. The van der Waals surface area contributed by atoms with Gasteiger partial charge in [-0.15, -0.1) is 0 Å². The lowest BCUT2D eigenvalue weighted by molar-refractivity contribution is -0.137. The number of rotatable bonds is 2. The van der Waals surface area contributed by atoms with Gasteiger partial charge in [-0.3, -0.25) is 0 Å². The standard InChI is InChI=1S/C15H13F4N3O/c16-12-7-20-9-21-14(12)22-5-6-23-8-13(22)10-1-3-11(4-2-10)15(17,18)19/h1-4,7,9,13H,5-6,8H2/t13-/m1/s1. The molecule has 0 N–H and O–H groups in total. The van der Waals surface area contributed by atoms with Crippen molar-refractivity contribution in [3.05, 3.63) is 53.7 Å². The number of hydrogen-bond donors (Lipinski definition) is 0. The molecule has 0 bridgehead atoms. The van der Waals surface area contributed by atoms with Crippen LogP contribution >= 0.6 is 0 Å². The van der Waals surface area contributed by atoms with Crippen LogP contribution in [0.4, 0.5) is 23.4 Å². The monoisotopic (exact) mass is 327 g/mol. The number of anilines is 1. The normalized spacial score (nSPS) is 19.0. The summed E-state index contributed by atoms with van der Waals surface area (Å²) in [5.41, 5.74) is -0.117. The van der Waals surface area contributed by atoms with Crippen LogP contribution in [0.2, 0.25) is 0 Å². The van der Waals surface area contributed by atoms with E-state index in [4.69, 9.17) is 4.74 Å². The fourth-order valence-corrected chi connectivity index (χ4v) is 2.55. The zero-order valence-electron chi connectivity index (χ0n) is 11.9. The Morgan fingerprint density at radius 1 is 1.17 bits per heavy atom. The van der Waals surface area contributed by atoms with Crippen molar-refractivity contribution in [3.63, 3.8) is 0 Å². The van der Waals surface area contributed by atoms with Crippen LogP contribution in [0.25, 0.3) is 0 Å². The molecule has 0 aliphatic carbocycles. The summed E-state index contributed by atoms with van der Waals surface area (Å²) in [6.07, 6.45) is -2.10. The summed E-state index contributed by atoms with van der Waals surface area (Å²) in [5.74, 6) is -0.459. The lowest BCUT2D eigenvalue weighted by Crippen LogP contribution is -2.40. The molecule has 122 valence electrons. The Morgan fingerprint density at radius 2 is 1.91 bits per heavy atom. The highest BCUT2D eigenvalue weighted by molar-refractivity contribution is 5.43. The molecule has 2 aromatic rings. The summed E-state index contributed by atoms with van der Waals surface area (Å²) in [5, 5.41) is 0. The second-order valence-corrected chi connectivity index (χ2v) is 5.10. The van der Waals surface area contributed by atoms with E-state index < -0.39 is 23.6 Å². The highest BCUT2D eigenvalue weighted by Gasteiger charge is 2.32. The van der Waals surface area contributed by atoms with Gasteiger partial charge >= 0.3 is 6.18 Å². The molecule has 1 atom stereocenters. The van der Waals surface area contributed by atoms with E-state index in [1.807, 2.05) is 0 Å². The summed E-state index contributed by atoms with van der Waals surface area (Å²) >= 11 is 0. The molecule has 1 aromatic heterocycles. The van der Waals surface area contributed by atoms with Crippen LogP contribution in [0.3, 0.4) is 0 Å². The van der Waals surface area contributed by atoms with Crippen LogP contribution in [-0.4, -0.2) is 29.7 Å². The summed E-state index contributed by atoms with van der Waals surface area (Å²) in [4.78, 5) is 9.23. The van der Waals surface area contributed by atoms with E-state index in [-0.39, 0.29) is 12.4 Å². The van der Waals surface area contributed by atoms with Gasteiger partial charge in [-0.1, -0.05) is 12.1 Å². The van der Waals surface area contributed by atoms with Gasteiger partial charge < -0.3 is 9.64 Å². The Labute approximate surface area is 129 Å². The van der Waals surface area contributed by atoms with Gasteiger partial charge in [-0.25, -0.2) is 14.4 Å². The zero-order chi connectivity index (χ0) is 16.4. The summed E-state index contributed by atoms with van der Waals surface area (Å²) in [6.45, 7) is 1.02. The molecule has 8 heteroatoms. The number of hydrogen-bond acceptors (Lipinski definition) is 4. The Kier molecular flexibility index (Phi) is 4.16. The molecule has 1 aromatic carbocycles. The number of alkyl halides is 3. The minimum Gasteiger partial charge on any atom is -0.377 e. The number of morpholine rings is 1. The molecule has 1 aliphatic heterocycles. The van der Waals surface area contributed by atoms with Gasteiger partial charge in [-0.05, 0) is 17.7 Å². The summed E-state index contributed by atoms with van der Waals surface area (Å²) in [6, 6.07) is 4.38. The highest BCUT2D eigenvalue weighted by Crippen LogP contribution is 2.33. The third-order valence-corrected chi connectivity index (χ3v) is 3.67. The number of aromatic nitrogens is 2. The van der Waals surface area contributed by atoms with Gasteiger partial charge in [0.2, 0.25) is 0 Å². The quantitative estimate of drug-likeness (QED) is 0.794. The second-order valence-electron chi connectivity index (χ2n) is 5.10. The lowest BCUT2D eigenvalue weighted by atomic mass is 10.0. The first-order chi connectivity index (χ1) is 11.0. The third kappa shape index (κ3) is 3.26. The van der Waals surface area contributed by atoms with Gasteiger partial charge in [0.25, 0.3) is 0 Å². The van der Waals surface area contributed by atoms with Gasteiger partial charge in [-0.2, -0.15) is 13.2 Å². The highest BCUT2D eigenvalue weighted by atomic mass is 19.4. The Hall–Kier alpha value is -2.22. The first-order valence-electron chi connectivity index (χ1n) is 6.94. The van der Waals surface area contributed by atoms with Crippen molar-refractivity contribution in [2.45, 2.75) is 12.2 Å². The predicted molar refractivity (Wildman–Crippen MR) is 74.3 cm³/mol. The fraction of sp³-hybridized carbons (Fsp3) is 0.333. The molecule has 0 spiro atoms. The van der Waals surface area contributed by atoms with Crippen molar-refractivity contribution in [3.8, 4) is 0 Å². The molecule has 3 rings (SSSR count). The lowest BCUT2D eigenvalue weighted by Gasteiger charge is -2.36. The van der Waals surface area contributed by atoms with Gasteiger partial charge in [0.15, 0.2) is 11.6 Å². The first kappa shape index (κ1) is 15.7. The van der Waals surface area contributed by atoms with Crippen molar-refractivity contribution in [1.82, 2.24) is 9.97 Å². The molecular weight excluding hydrogens is 314 g/mol. The maximum atomic E-state index is 13.9. The molecule has 4 nitrogen and oxygen atoms in total. The van der Waals surface area contributed by atoms with Crippen molar-refractivity contribution in [1.29, 1.82) is 0 Å². The van der Waals surface area contributed by atoms with Crippen LogP contribution < -0.4 is 4.90 Å². The molecule has 1 saturated heterocycles. The van der Waals surface area contributed by atoms with Gasteiger partial charge in [0, 0.05) is 6.54 Å². The van der Waals surface area contributed by atoms with Crippen molar-refractivity contribution in [2.75, 3.05) is 24.7 Å². The van der Waals surface area contributed by atoms with E-state index in [0.29, 0.717) is 18.7 Å². The van der Waals surface area contributed by atoms with E-state index in [1.165, 1.54) is 18.5 Å². The number of halogens is 4. The Bertz CT molecular complexity index is 675. The predicted octanol–water partition coefficient (Wildman–Crippen LogP) is 3.21. The van der Waals surface area contributed by atoms with Crippen molar-refractivity contribution >= 4 is 5.82 Å². The Morgan fingerprint density at radius 3 is 2.57 bits per heavy atom. The largest absolute Gasteiger partial charge is 0.416 e. The molecule has 0 amide bonds. The average Bonchev–Trinajstić information content (AvgIpc) is 2.55.